The van der Waals surface area contributed by atoms with Crippen LogP contribution in [-0.2, 0) is 4.74 Å². The Labute approximate surface area is 126 Å². The highest BCUT2D eigenvalue weighted by Crippen LogP contribution is 2.34. The lowest BCUT2D eigenvalue weighted by Gasteiger charge is -2.18. The van der Waals surface area contributed by atoms with Crippen molar-refractivity contribution in [3.8, 4) is 11.5 Å². The number of pyridine rings is 1. The molecule has 0 unspecified atom stereocenters. The van der Waals surface area contributed by atoms with E-state index in [1.807, 2.05) is 0 Å². The molecule has 2 N–H and O–H groups in total. The lowest BCUT2D eigenvalue weighted by molar-refractivity contribution is 0.0596. The monoisotopic (exact) mass is 302 g/mol. The molecule has 22 heavy (non-hydrogen) atoms. The molecule has 0 aliphatic heterocycles. The molecule has 0 atom stereocenters. The molecule has 114 valence electrons. The van der Waals surface area contributed by atoms with E-state index in [-0.39, 0.29) is 11.1 Å². The van der Waals surface area contributed by atoms with Crippen molar-refractivity contribution in [3.05, 3.63) is 47.8 Å². The topological polar surface area (TPSA) is 100.0 Å². The number of amides is 1. The molecule has 0 spiro atoms. The minimum absolute atomic E-state index is 0.135. The number of aromatic nitrogens is 1. The number of phenolic OH excluding ortho intramolecular Hbond substituents is 2. The van der Waals surface area contributed by atoms with Gasteiger partial charge in [0.1, 0.15) is 5.56 Å². The van der Waals surface area contributed by atoms with Gasteiger partial charge in [-0.25, -0.2) is 4.79 Å². The molecule has 0 aliphatic carbocycles. The van der Waals surface area contributed by atoms with E-state index in [0.717, 1.165) is 7.11 Å². The van der Waals surface area contributed by atoms with Gasteiger partial charge in [0.05, 0.1) is 12.7 Å². The van der Waals surface area contributed by atoms with Crippen LogP contribution in [0.5, 0.6) is 11.5 Å². The minimum atomic E-state index is -0.811. The van der Waals surface area contributed by atoms with Crippen LogP contribution in [0.2, 0.25) is 0 Å². The summed E-state index contributed by atoms with van der Waals surface area (Å²) in [5, 5.41) is 19.8. The van der Waals surface area contributed by atoms with Crippen molar-refractivity contribution in [2.75, 3.05) is 19.1 Å². The fraction of sp³-hybridized carbons (Fsp3) is 0.133. The summed E-state index contributed by atoms with van der Waals surface area (Å²) in [7, 11) is 2.66. The molecule has 1 amide bonds. The average Bonchev–Trinajstić information content (AvgIpc) is 2.56. The van der Waals surface area contributed by atoms with Crippen LogP contribution in [0.25, 0.3) is 0 Å². The minimum Gasteiger partial charge on any atom is -0.504 e. The zero-order valence-electron chi connectivity index (χ0n) is 12.0. The Bertz CT molecular complexity index is 715. The maximum Gasteiger partial charge on any atom is 0.341 e. The summed E-state index contributed by atoms with van der Waals surface area (Å²) in [5.74, 6) is -2.72. The molecule has 2 rings (SSSR count). The number of hydrogen-bond donors (Lipinski definition) is 2. The van der Waals surface area contributed by atoms with E-state index in [9.17, 15) is 19.8 Å². The summed E-state index contributed by atoms with van der Waals surface area (Å²) >= 11 is 0. The molecule has 0 fully saturated rings. The van der Waals surface area contributed by atoms with E-state index >= 15 is 0 Å². The van der Waals surface area contributed by atoms with Crippen molar-refractivity contribution in [2.24, 2.45) is 0 Å². The van der Waals surface area contributed by atoms with Crippen LogP contribution >= 0.6 is 0 Å². The molecule has 0 radical (unpaired) electrons. The Hall–Kier alpha value is -3.09. The normalized spacial score (nSPS) is 10.1. The number of nitrogens with zero attached hydrogens (tertiary/aromatic N) is 2. The number of esters is 1. The van der Waals surface area contributed by atoms with Gasteiger partial charge in [0.2, 0.25) is 0 Å². The van der Waals surface area contributed by atoms with E-state index in [1.165, 1.54) is 36.5 Å². The first-order chi connectivity index (χ1) is 10.5. The lowest BCUT2D eigenvalue weighted by Crippen LogP contribution is -2.26. The number of hydrogen-bond acceptors (Lipinski definition) is 6. The molecular weight excluding hydrogens is 288 g/mol. The maximum atomic E-state index is 12.4. The van der Waals surface area contributed by atoms with Crippen LogP contribution in [0.4, 0.5) is 5.69 Å². The van der Waals surface area contributed by atoms with Gasteiger partial charge >= 0.3 is 5.97 Å². The highest BCUT2D eigenvalue weighted by molar-refractivity contribution is 6.09. The number of rotatable bonds is 3. The molecular formula is C15H14N2O5. The molecule has 1 aromatic carbocycles. The zero-order chi connectivity index (χ0) is 16.3. The Morgan fingerprint density at radius 3 is 2.18 bits per heavy atom. The second-order valence-corrected chi connectivity index (χ2v) is 4.42. The fourth-order valence-corrected chi connectivity index (χ4v) is 1.89. The van der Waals surface area contributed by atoms with Crippen molar-refractivity contribution < 1.29 is 24.5 Å². The Balaban J connectivity index is 2.39. The van der Waals surface area contributed by atoms with Gasteiger partial charge in [0, 0.05) is 25.1 Å². The van der Waals surface area contributed by atoms with Crippen LogP contribution in [0.1, 0.15) is 20.7 Å². The second kappa shape index (κ2) is 6.13. The largest absolute Gasteiger partial charge is 0.504 e. The first-order valence-corrected chi connectivity index (χ1v) is 6.28. The molecule has 0 aliphatic rings. The molecule has 0 bridgehead atoms. The van der Waals surface area contributed by atoms with Crippen molar-refractivity contribution in [2.45, 2.75) is 0 Å². The summed E-state index contributed by atoms with van der Waals surface area (Å²) < 4.78 is 4.48. The molecule has 7 nitrogen and oxygen atoms in total. The van der Waals surface area contributed by atoms with Gasteiger partial charge in [0.25, 0.3) is 5.91 Å². The SMILES string of the molecule is COC(=O)c1ccc(C(=O)N(C)c2ccncc2)c(O)c1O. The molecule has 7 heteroatoms. The van der Waals surface area contributed by atoms with Gasteiger partial charge in [-0.05, 0) is 24.3 Å². The van der Waals surface area contributed by atoms with Crippen molar-refractivity contribution in [3.63, 3.8) is 0 Å². The van der Waals surface area contributed by atoms with Gasteiger partial charge < -0.3 is 19.8 Å². The van der Waals surface area contributed by atoms with Crippen LogP contribution < -0.4 is 4.90 Å². The van der Waals surface area contributed by atoms with Crippen molar-refractivity contribution in [1.82, 2.24) is 4.98 Å². The number of carbonyl (C=O) groups is 2. The number of aromatic hydroxyl groups is 2. The third-order valence-electron chi connectivity index (χ3n) is 3.14. The van der Waals surface area contributed by atoms with Crippen LogP contribution in [0.3, 0.4) is 0 Å². The second-order valence-electron chi connectivity index (χ2n) is 4.42. The Morgan fingerprint density at radius 1 is 1.05 bits per heavy atom. The van der Waals surface area contributed by atoms with Crippen LogP contribution in [0.15, 0.2) is 36.7 Å². The maximum absolute atomic E-state index is 12.4. The molecule has 2 aromatic rings. The lowest BCUT2D eigenvalue weighted by atomic mass is 10.1. The van der Waals surface area contributed by atoms with Gasteiger partial charge in [0.15, 0.2) is 11.5 Å². The van der Waals surface area contributed by atoms with E-state index in [0.29, 0.717) is 5.69 Å². The van der Waals surface area contributed by atoms with E-state index in [4.69, 9.17) is 0 Å². The first-order valence-electron chi connectivity index (χ1n) is 6.28. The highest BCUT2D eigenvalue weighted by atomic mass is 16.5. The van der Waals surface area contributed by atoms with Crippen LogP contribution in [0, 0.1) is 0 Å². The summed E-state index contributed by atoms with van der Waals surface area (Å²) in [6, 6.07) is 5.71. The first kappa shape index (κ1) is 15.3. The number of methoxy groups -OCH3 is 1. The zero-order valence-corrected chi connectivity index (χ0v) is 12.0. The molecule has 0 saturated carbocycles. The molecule has 1 aromatic heterocycles. The van der Waals surface area contributed by atoms with Crippen LogP contribution in [-0.4, -0.2) is 41.2 Å². The molecule has 1 heterocycles. The Kier molecular flexibility index (Phi) is 4.26. The highest BCUT2D eigenvalue weighted by Gasteiger charge is 2.23. The number of ether oxygens (including phenoxy) is 1. The predicted octanol–water partition coefficient (Wildman–Crippen LogP) is 1.56. The van der Waals surface area contributed by atoms with Gasteiger partial charge in [-0.3, -0.25) is 9.78 Å². The van der Waals surface area contributed by atoms with Gasteiger partial charge in [-0.15, -0.1) is 0 Å². The predicted molar refractivity (Wildman–Crippen MR) is 78.1 cm³/mol. The van der Waals surface area contributed by atoms with Crippen molar-refractivity contribution in [1.29, 1.82) is 0 Å². The number of carbonyl (C=O) groups excluding carboxylic acids is 2. The third kappa shape index (κ3) is 2.69. The van der Waals surface area contributed by atoms with E-state index < -0.39 is 23.4 Å². The van der Waals surface area contributed by atoms with E-state index in [2.05, 4.69) is 9.72 Å². The molecule has 0 saturated heterocycles. The van der Waals surface area contributed by atoms with E-state index in [1.54, 1.807) is 12.1 Å². The standard InChI is InChI=1S/C15H14N2O5/c1-17(9-5-7-16-8-6-9)14(20)10-3-4-11(15(21)22-2)13(19)12(10)18/h3-8,18-19H,1-2H3. The van der Waals surface area contributed by atoms with Gasteiger partial charge in [-0.2, -0.15) is 0 Å². The summed E-state index contributed by atoms with van der Waals surface area (Å²) in [6.45, 7) is 0. The number of phenols is 2. The quantitative estimate of drug-likeness (QED) is 0.659. The smallest absolute Gasteiger partial charge is 0.341 e. The Morgan fingerprint density at radius 2 is 1.59 bits per heavy atom. The average molecular weight is 302 g/mol. The third-order valence-corrected chi connectivity index (χ3v) is 3.14. The number of anilines is 1. The summed E-state index contributed by atoms with van der Waals surface area (Å²) in [4.78, 5) is 29.0. The summed E-state index contributed by atoms with van der Waals surface area (Å²) in [5.41, 5.74) is 0.212. The van der Waals surface area contributed by atoms with Crippen molar-refractivity contribution >= 4 is 17.6 Å². The summed E-state index contributed by atoms with van der Waals surface area (Å²) in [6.07, 6.45) is 3.05. The van der Waals surface area contributed by atoms with Gasteiger partial charge in [-0.1, -0.05) is 0 Å². The number of benzene rings is 1. The fourth-order valence-electron chi connectivity index (χ4n) is 1.89.